The standard InChI is InChI=1S/C14H10Cl2N5O2/c15-7-2-1-3-8(16)10(7)14-19-9-6-18-12(11(17)23)20-13(9)21(14)4-5-22/h1-3,22H,4-5H2,(H2,17,23). The Balaban J connectivity index is 2.32. The summed E-state index contributed by atoms with van der Waals surface area (Å²) >= 11 is 12.4. The van der Waals surface area contributed by atoms with Crippen LogP contribution in [0.15, 0.2) is 18.2 Å². The van der Waals surface area contributed by atoms with Crippen LogP contribution in [0.25, 0.3) is 22.6 Å². The first-order valence-electron chi connectivity index (χ1n) is 6.54. The largest absolute Gasteiger partial charge is 0.395 e. The summed E-state index contributed by atoms with van der Waals surface area (Å²) in [6.45, 7) is 0.00683. The second-order valence-electron chi connectivity index (χ2n) is 4.60. The van der Waals surface area contributed by atoms with Crippen LogP contribution in [0, 0.1) is 6.20 Å². The summed E-state index contributed by atoms with van der Waals surface area (Å²) in [4.78, 5) is 23.5. The van der Waals surface area contributed by atoms with Gasteiger partial charge in [-0.05, 0) is 12.1 Å². The molecule has 0 saturated carbocycles. The quantitative estimate of drug-likeness (QED) is 0.744. The SMILES string of the molecule is NC(=O)c1n[c]c2nc(-c3c(Cl)cccc3Cl)n(CCO)c2n1. The first-order valence-corrected chi connectivity index (χ1v) is 7.29. The molecule has 2 heterocycles. The molecule has 0 fully saturated rings. The van der Waals surface area contributed by atoms with Crippen molar-refractivity contribution in [3.8, 4) is 11.4 Å². The Labute approximate surface area is 140 Å². The number of primary amides is 1. The number of nitrogens with two attached hydrogens (primary N) is 1. The van der Waals surface area contributed by atoms with E-state index in [4.69, 9.17) is 28.9 Å². The smallest absolute Gasteiger partial charge is 0.286 e. The number of benzene rings is 1. The normalized spacial score (nSPS) is 11.1. The van der Waals surface area contributed by atoms with Gasteiger partial charge in [0, 0.05) is 6.54 Å². The van der Waals surface area contributed by atoms with Gasteiger partial charge in [-0.25, -0.2) is 15.0 Å². The highest BCUT2D eigenvalue weighted by Crippen LogP contribution is 2.35. The average Bonchev–Trinajstić information content (AvgIpc) is 2.85. The number of aromatic nitrogens is 4. The van der Waals surface area contributed by atoms with Crippen molar-refractivity contribution in [3.05, 3.63) is 40.3 Å². The molecule has 0 aliphatic rings. The van der Waals surface area contributed by atoms with Crippen molar-refractivity contribution in [2.45, 2.75) is 6.54 Å². The van der Waals surface area contributed by atoms with Gasteiger partial charge in [0.2, 0.25) is 5.82 Å². The van der Waals surface area contributed by atoms with Gasteiger partial charge in [0.05, 0.1) is 22.2 Å². The summed E-state index contributed by atoms with van der Waals surface area (Å²) in [5.74, 6) is -0.567. The van der Waals surface area contributed by atoms with E-state index in [-0.39, 0.29) is 19.0 Å². The fourth-order valence-electron chi connectivity index (χ4n) is 2.19. The zero-order valence-corrected chi connectivity index (χ0v) is 13.1. The van der Waals surface area contributed by atoms with Crippen molar-refractivity contribution >= 4 is 40.3 Å². The van der Waals surface area contributed by atoms with E-state index in [1.165, 1.54) is 0 Å². The Kier molecular flexibility index (Phi) is 4.16. The predicted octanol–water partition coefficient (Wildman–Crippen LogP) is 1.69. The maximum absolute atomic E-state index is 11.3. The zero-order chi connectivity index (χ0) is 16.6. The molecular weight excluding hydrogens is 341 g/mol. The van der Waals surface area contributed by atoms with Gasteiger partial charge in [0.15, 0.2) is 5.65 Å². The molecular formula is C14H10Cl2N5O2. The van der Waals surface area contributed by atoms with Crippen LogP contribution in [0.1, 0.15) is 10.6 Å². The average molecular weight is 351 g/mol. The van der Waals surface area contributed by atoms with E-state index in [1.54, 1.807) is 22.8 Å². The monoisotopic (exact) mass is 350 g/mol. The molecule has 9 heteroatoms. The van der Waals surface area contributed by atoms with Gasteiger partial charge in [-0.3, -0.25) is 4.79 Å². The van der Waals surface area contributed by atoms with Crippen molar-refractivity contribution in [3.63, 3.8) is 0 Å². The zero-order valence-electron chi connectivity index (χ0n) is 11.6. The topological polar surface area (TPSA) is 107 Å². The van der Waals surface area contributed by atoms with E-state index in [0.29, 0.717) is 32.6 Å². The van der Waals surface area contributed by atoms with E-state index in [2.05, 4.69) is 21.1 Å². The number of rotatable bonds is 4. The van der Waals surface area contributed by atoms with Crippen LogP contribution in [0.2, 0.25) is 10.0 Å². The first kappa shape index (κ1) is 15.7. The van der Waals surface area contributed by atoms with Crippen LogP contribution in [0.5, 0.6) is 0 Å². The molecule has 3 N–H and O–H groups in total. The second-order valence-corrected chi connectivity index (χ2v) is 5.42. The number of hydrogen-bond acceptors (Lipinski definition) is 5. The van der Waals surface area contributed by atoms with Crippen molar-refractivity contribution in [1.82, 2.24) is 19.5 Å². The third kappa shape index (κ3) is 2.74. The van der Waals surface area contributed by atoms with E-state index < -0.39 is 5.91 Å². The Morgan fingerprint density at radius 3 is 2.61 bits per heavy atom. The summed E-state index contributed by atoms with van der Waals surface area (Å²) < 4.78 is 1.59. The molecule has 1 aromatic carbocycles. The van der Waals surface area contributed by atoms with Crippen molar-refractivity contribution in [1.29, 1.82) is 0 Å². The van der Waals surface area contributed by atoms with E-state index >= 15 is 0 Å². The molecule has 0 spiro atoms. The fraction of sp³-hybridized carbons (Fsp3) is 0.143. The molecule has 1 radical (unpaired) electrons. The summed E-state index contributed by atoms with van der Waals surface area (Å²) in [6.07, 6.45) is 2.62. The van der Waals surface area contributed by atoms with Crippen LogP contribution in [0.4, 0.5) is 0 Å². The van der Waals surface area contributed by atoms with Crippen LogP contribution in [-0.4, -0.2) is 37.1 Å². The second kappa shape index (κ2) is 6.11. The summed E-state index contributed by atoms with van der Waals surface area (Å²) in [7, 11) is 0. The molecule has 7 nitrogen and oxygen atoms in total. The molecule has 0 aliphatic carbocycles. The third-order valence-electron chi connectivity index (χ3n) is 3.15. The first-order chi connectivity index (χ1) is 11.0. The minimum absolute atomic E-state index is 0.170. The number of halogens is 2. The lowest BCUT2D eigenvalue weighted by Crippen LogP contribution is -2.16. The Morgan fingerprint density at radius 2 is 2.00 bits per heavy atom. The Morgan fingerprint density at radius 1 is 1.30 bits per heavy atom. The maximum Gasteiger partial charge on any atom is 0.286 e. The number of nitrogens with zero attached hydrogens (tertiary/aromatic N) is 4. The lowest BCUT2D eigenvalue weighted by atomic mass is 10.2. The van der Waals surface area contributed by atoms with Gasteiger partial charge < -0.3 is 15.4 Å². The number of carbonyl (C=O) groups excluding carboxylic acids is 1. The molecule has 0 atom stereocenters. The lowest BCUT2D eigenvalue weighted by molar-refractivity contribution is 0.0990. The maximum atomic E-state index is 11.3. The summed E-state index contributed by atoms with van der Waals surface area (Å²) in [6, 6.07) is 5.07. The summed E-state index contributed by atoms with van der Waals surface area (Å²) in [5, 5.41) is 10.1. The van der Waals surface area contributed by atoms with Crippen molar-refractivity contribution in [2.75, 3.05) is 6.61 Å². The molecule has 3 aromatic rings. The van der Waals surface area contributed by atoms with Gasteiger partial charge >= 0.3 is 0 Å². The van der Waals surface area contributed by atoms with Crippen LogP contribution >= 0.6 is 23.2 Å². The molecule has 23 heavy (non-hydrogen) atoms. The minimum atomic E-state index is -0.780. The number of hydrogen-bond donors (Lipinski definition) is 2. The number of fused-ring (bicyclic) bond motifs is 1. The fourth-order valence-corrected chi connectivity index (χ4v) is 2.75. The molecule has 0 saturated heterocycles. The van der Waals surface area contributed by atoms with Crippen LogP contribution in [-0.2, 0) is 6.54 Å². The predicted molar refractivity (Wildman–Crippen MR) is 85.2 cm³/mol. The van der Waals surface area contributed by atoms with Gasteiger partial charge in [0.25, 0.3) is 5.91 Å². The van der Waals surface area contributed by atoms with Crippen LogP contribution < -0.4 is 5.73 Å². The van der Waals surface area contributed by atoms with E-state index in [1.807, 2.05) is 0 Å². The van der Waals surface area contributed by atoms with Gasteiger partial charge in [0.1, 0.15) is 17.5 Å². The number of aliphatic hydroxyl groups excluding tert-OH is 1. The molecule has 0 bridgehead atoms. The van der Waals surface area contributed by atoms with E-state index in [9.17, 15) is 9.90 Å². The molecule has 0 aliphatic heterocycles. The van der Waals surface area contributed by atoms with Gasteiger partial charge in [-0.15, -0.1) is 0 Å². The highest BCUT2D eigenvalue weighted by atomic mass is 35.5. The number of carbonyl (C=O) groups is 1. The van der Waals surface area contributed by atoms with Crippen LogP contribution in [0.3, 0.4) is 0 Å². The highest BCUT2D eigenvalue weighted by Gasteiger charge is 2.20. The van der Waals surface area contributed by atoms with Gasteiger partial charge in [-0.2, -0.15) is 0 Å². The Hall–Kier alpha value is -2.22. The number of imidazole rings is 1. The number of aliphatic hydroxyl groups is 1. The highest BCUT2D eigenvalue weighted by molar-refractivity contribution is 6.39. The molecule has 0 unspecified atom stereocenters. The third-order valence-corrected chi connectivity index (χ3v) is 3.78. The molecule has 2 aromatic heterocycles. The molecule has 117 valence electrons. The minimum Gasteiger partial charge on any atom is -0.395 e. The van der Waals surface area contributed by atoms with Crippen molar-refractivity contribution in [2.24, 2.45) is 5.73 Å². The number of amides is 1. The van der Waals surface area contributed by atoms with Gasteiger partial charge in [-0.1, -0.05) is 29.3 Å². The summed E-state index contributed by atoms with van der Waals surface area (Å²) in [5.41, 5.74) is 6.31. The van der Waals surface area contributed by atoms with Crippen molar-refractivity contribution < 1.29 is 9.90 Å². The molecule has 3 rings (SSSR count). The molecule has 1 amide bonds. The lowest BCUT2D eigenvalue weighted by Gasteiger charge is -2.09. The Bertz CT molecular complexity index is 889. The van der Waals surface area contributed by atoms with E-state index in [0.717, 1.165) is 0 Å².